The third-order valence-electron chi connectivity index (χ3n) is 1.74. The first-order chi connectivity index (χ1) is 8.76. The number of hydrogen-bond donors (Lipinski definition) is 3. The lowest BCUT2D eigenvalue weighted by molar-refractivity contribution is -0.274. The van der Waals surface area contributed by atoms with E-state index in [0.717, 1.165) is 11.8 Å². The van der Waals surface area contributed by atoms with Gasteiger partial charge in [0.2, 0.25) is 0 Å². The summed E-state index contributed by atoms with van der Waals surface area (Å²) >= 11 is 0.984. The van der Waals surface area contributed by atoms with Crippen LogP contribution in [0, 0.1) is 5.41 Å². The average molecular weight is 292 g/mol. The van der Waals surface area contributed by atoms with E-state index in [1.165, 1.54) is 18.2 Å². The number of nitrogens with zero attached hydrogens (tertiary/aromatic N) is 1. The van der Waals surface area contributed by atoms with Crippen molar-refractivity contribution >= 4 is 22.9 Å². The van der Waals surface area contributed by atoms with Gasteiger partial charge in [-0.25, -0.2) is 0 Å². The predicted molar refractivity (Wildman–Crippen MR) is 68.0 cm³/mol. The Morgan fingerprint density at radius 3 is 2.63 bits per heavy atom. The largest absolute Gasteiger partial charge is 0.573 e. The van der Waals surface area contributed by atoms with Crippen LogP contribution in [-0.2, 0) is 5.75 Å². The molecule has 0 spiro atoms. The third kappa shape index (κ3) is 6.55. The number of halogens is 3. The lowest BCUT2D eigenvalue weighted by Gasteiger charge is -2.09. The quantitative estimate of drug-likeness (QED) is 0.586. The molecule has 0 bridgehead atoms. The number of nitrogens with one attached hydrogen (secondary N) is 1. The SMILES string of the molecule is N=C(N=C(N)N)SCc1cccc(OC(F)(F)F)c1. The Bertz CT molecular complexity index is 486. The van der Waals surface area contributed by atoms with Crippen molar-refractivity contribution in [3.63, 3.8) is 0 Å². The molecule has 0 aliphatic heterocycles. The van der Waals surface area contributed by atoms with Crippen LogP contribution in [0.5, 0.6) is 5.75 Å². The molecular formula is C10H11F3N4OS. The van der Waals surface area contributed by atoms with Crippen molar-refractivity contribution in [1.29, 1.82) is 5.41 Å². The van der Waals surface area contributed by atoms with Crippen LogP contribution in [0.1, 0.15) is 5.56 Å². The number of ether oxygens (including phenoxy) is 1. The van der Waals surface area contributed by atoms with Crippen molar-refractivity contribution in [3.8, 4) is 5.75 Å². The van der Waals surface area contributed by atoms with Crippen LogP contribution in [0.3, 0.4) is 0 Å². The zero-order valence-corrected chi connectivity index (χ0v) is 10.4. The van der Waals surface area contributed by atoms with Gasteiger partial charge in [0.25, 0.3) is 0 Å². The first-order valence-electron chi connectivity index (χ1n) is 4.92. The Kier molecular flexibility index (Phi) is 5.04. The number of benzene rings is 1. The lowest BCUT2D eigenvalue weighted by atomic mass is 10.2. The van der Waals surface area contributed by atoms with E-state index in [2.05, 4.69) is 9.73 Å². The van der Waals surface area contributed by atoms with Gasteiger partial charge in [-0.2, -0.15) is 4.99 Å². The van der Waals surface area contributed by atoms with E-state index in [-0.39, 0.29) is 22.6 Å². The lowest BCUT2D eigenvalue weighted by Crippen LogP contribution is -2.23. The molecule has 1 aromatic rings. The van der Waals surface area contributed by atoms with E-state index in [4.69, 9.17) is 16.9 Å². The minimum absolute atomic E-state index is 0.123. The van der Waals surface area contributed by atoms with E-state index in [1.54, 1.807) is 6.07 Å². The molecule has 1 rings (SSSR count). The standard InChI is InChI=1S/C10H11F3N4OS/c11-10(12,13)18-7-3-1-2-6(4-7)5-19-9(16)17-8(14)15/h1-4H,5H2,(H5,14,15,16,17). The number of guanidine groups is 1. The summed E-state index contributed by atoms with van der Waals surface area (Å²) in [6.45, 7) is 0. The molecule has 0 aliphatic rings. The van der Waals surface area contributed by atoms with Crippen LogP contribution in [0.2, 0.25) is 0 Å². The predicted octanol–water partition coefficient (Wildman–Crippen LogP) is 2.03. The van der Waals surface area contributed by atoms with Gasteiger partial charge < -0.3 is 16.2 Å². The number of rotatable bonds is 3. The number of amidine groups is 1. The third-order valence-corrected chi connectivity index (χ3v) is 2.58. The van der Waals surface area contributed by atoms with E-state index in [1.807, 2.05) is 0 Å². The van der Waals surface area contributed by atoms with Crippen molar-refractivity contribution in [2.24, 2.45) is 16.5 Å². The highest BCUT2D eigenvalue weighted by molar-refractivity contribution is 8.13. The molecule has 0 saturated carbocycles. The second-order valence-electron chi connectivity index (χ2n) is 3.33. The summed E-state index contributed by atoms with van der Waals surface area (Å²) in [5.41, 5.74) is 10.7. The summed E-state index contributed by atoms with van der Waals surface area (Å²) < 4.78 is 39.9. The molecular weight excluding hydrogens is 281 g/mol. The smallest absolute Gasteiger partial charge is 0.406 e. The van der Waals surface area contributed by atoms with Gasteiger partial charge in [0.1, 0.15) is 5.75 Å². The van der Waals surface area contributed by atoms with E-state index < -0.39 is 6.36 Å². The molecule has 19 heavy (non-hydrogen) atoms. The Labute approximate surface area is 111 Å². The zero-order chi connectivity index (χ0) is 14.5. The molecule has 0 unspecified atom stereocenters. The monoisotopic (exact) mass is 292 g/mol. The number of hydrogen-bond acceptors (Lipinski definition) is 3. The van der Waals surface area contributed by atoms with Gasteiger partial charge in [0, 0.05) is 5.75 Å². The van der Waals surface area contributed by atoms with Gasteiger partial charge in [-0.3, -0.25) is 5.41 Å². The molecule has 9 heteroatoms. The van der Waals surface area contributed by atoms with Crippen LogP contribution >= 0.6 is 11.8 Å². The van der Waals surface area contributed by atoms with E-state index >= 15 is 0 Å². The van der Waals surface area contributed by atoms with E-state index in [0.29, 0.717) is 5.56 Å². The zero-order valence-electron chi connectivity index (χ0n) is 9.57. The van der Waals surface area contributed by atoms with Gasteiger partial charge in [-0.05, 0) is 17.7 Å². The maximum atomic E-state index is 12.0. The fourth-order valence-corrected chi connectivity index (χ4v) is 1.79. The molecule has 5 N–H and O–H groups in total. The molecule has 0 heterocycles. The summed E-state index contributed by atoms with van der Waals surface area (Å²) in [5, 5.41) is 7.25. The van der Waals surface area contributed by atoms with Gasteiger partial charge in [-0.15, -0.1) is 13.2 Å². The number of alkyl halides is 3. The van der Waals surface area contributed by atoms with Gasteiger partial charge >= 0.3 is 6.36 Å². The van der Waals surface area contributed by atoms with Crippen LogP contribution < -0.4 is 16.2 Å². The Morgan fingerprint density at radius 2 is 2.05 bits per heavy atom. The average Bonchev–Trinajstić information content (AvgIpc) is 2.23. The molecule has 0 saturated heterocycles. The van der Waals surface area contributed by atoms with Crippen molar-refractivity contribution in [1.82, 2.24) is 0 Å². The second kappa shape index (κ2) is 6.32. The maximum Gasteiger partial charge on any atom is 0.573 e. The Balaban J connectivity index is 2.63. The fourth-order valence-electron chi connectivity index (χ4n) is 1.13. The highest BCUT2D eigenvalue weighted by Gasteiger charge is 2.31. The summed E-state index contributed by atoms with van der Waals surface area (Å²) in [6.07, 6.45) is -4.73. The van der Waals surface area contributed by atoms with Crippen LogP contribution in [0.4, 0.5) is 13.2 Å². The first kappa shape index (κ1) is 15.2. The highest BCUT2D eigenvalue weighted by atomic mass is 32.2. The summed E-state index contributed by atoms with van der Waals surface area (Å²) in [5.74, 6) is -0.296. The number of thioether (sulfide) groups is 1. The van der Waals surface area contributed by atoms with Crippen LogP contribution in [0.15, 0.2) is 29.3 Å². The molecule has 0 radical (unpaired) electrons. The molecule has 5 nitrogen and oxygen atoms in total. The van der Waals surface area contributed by atoms with Crippen LogP contribution in [0.25, 0.3) is 0 Å². The number of nitrogens with two attached hydrogens (primary N) is 2. The van der Waals surface area contributed by atoms with E-state index in [9.17, 15) is 13.2 Å². The molecule has 0 amide bonds. The minimum Gasteiger partial charge on any atom is -0.406 e. The van der Waals surface area contributed by atoms with Gasteiger partial charge in [0.15, 0.2) is 11.1 Å². The van der Waals surface area contributed by atoms with Gasteiger partial charge in [-0.1, -0.05) is 23.9 Å². The first-order valence-corrected chi connectivity index (χ1v) is 5.90. The Hall–Kier alpha value is -1.90. The highest BCUT2D eigenvalue weighted by Crippen LogP contribution is 2.25. The minimum atomic E-state index is -4.73. The normalized spacial score (nSPS) is 10.9. The second-order valence-corrected chi connectivity index (χ2v) is 4.29. The van der Waals surface area contributed by atoms with Gasteiger partial charge in [0.05, 0.1) is 0 Å². The summed E-state index contributed by atoms with van der Waals surface area (Å²) in [7, 11) is 0. The molecule has 0 atom stereocenters. The molecule has 104 valence electrons. The number of aliphatic imine (C=N–C) groups is 1. The van der Waals surface area contributed by atoms with Crippen molar-refractivity contribution in [2.75, 3.05) is 0 Å². The van der Waals surface area contributed by atoms with Crippen molar-refractivity contribution in [3.05, 3.63) is 29.8 Å². The fraction of sp³-hybridized carbons (Fsp3) is 0.200. The van der Waals surface area contributed by atoms with Crippen LogP contribution in [-0.4, -0.2) is 17.5 Å². The molecule has 1 aromatic carbocycles. The van der Waals surface area contributed by atoms with Crippen molar-refractivity contribution in [2.45, 2.75) is 12.1 Å². The molecule has 0 aliphatic carbocycles. The Morgan fingerprint density at radius 1 is 1.37 bits per heavy atom. The summed E-state index contributed by atoms with van der Waals surface area (Å²) in [4.78, 5) is 3.48. The topological polar surface area (TPSA) is 97.5 Å². The molecule has 0 fully saturated rings. The van der Waals surface area contributed by atoms with Crippen molar-refractivity contribution < 1.29 is 17.9 Å². The molecule has 0 aromatic heterocycles. The maximum absolute atomic E-state index is 12.0. The summed E-state index contributed by atoms with van der Waals surface area (Å²) in [6, 6.07) is 5.48.